The fourth-order valence-electron chi connectivity index (χ4n) is 5.40. The molecule has 2 aliphatic rings. The van der Waals surface area contributed by atoms with Gasteiger partial charge in [0.2, 0.25) is 5.91 Å². The van der Waals surface area contributed by atoms with Crippen LogP contribution in [0.2, 0.25) is 0 Å². The molecule has 4 rings (SSSR count). The van der Waals surface area contributed by atoms with Crippen LogP contribution in [0.3, 0.4) is 0 Å². The molecule has 2 fully saturated rings. The molecule has 1 aromatic heterocycles. The van der Waals surface area contributed by atoms with Gasteiger partial charge in [-0.25, -0.2) is 4.79 Å². The smallest absolute Gasteiger partial charge is 0.325 e. The van der Waals surface area contributed by atoms with Crippen molar-refractivity contribution < 1.29 is 19.1 Å². The standard InChI is InChI=1S/C26H32N4O4/c1-18-11-25(2,3)17-26(12-18)23(32)30(24(33)29-26)15-22(31)28-14-19-6-8-21(9-7-19)34-16-20-5-4-10-27-13-20/h4-10,13,18H,11-12,14-17H2,1-3H3,(H,28,31)(H,29,33). The molecule has 2 atom stereocenters. The second-order valence-electron chi connectivity index (χ2n) is 10.3. The Bertz CT molecular complexity index is 1050. The Morgan fingerprint density at radius 1 is 1.18 bits per heavy atom. The van der Waals surface area contributed by atoms with E-state index in [1.54, 1.807) is 12.4 Å². The first kappa shape index (κ1) is 23.7. The van der Waals surface area contributed by atoms with E-state index in [-0.39, 0.29) is 23.8 Å². The average Bonchev–Trinajstić information content (AvgIpc) is 2.99. The molecule has 8 nitrogen and oxygen atoms in total. The van der Waals surface area contributed by atoms with Gasteiger partial charge in [-0.3, -0.25) is 19.5 Å². The summed E-state index contributed by atoms with van der Waals surface area (Å²) in [5.74, 6) is 0.370. The summed E-state index contributed by atoms with van der Waals surface area (Å²) in [6, 6.07) is 10.7. The predicted molar refractivity (Wildman–Crippen MR) is 127 cm³/mol. The van der Waals surface area contributed by atoms with Crippen LogP contribution in [0.15, 0.2) is 48.8 Å². The van der Waals surface area contributed by atoms with E-state index in [4.69, 9.17) is 4.74 Å². The zero-order valence-electron chi connectivity index (χ0n) is 20.0. The average molecular weight is 465 g/mol. The molecule has 1 aliphatic heterocycles. The first-order valence-electron chi connectivity index (χ1n) is 11.7. The summed E-state index contributed by atoms with van der Waals surface area (Å²) in [7, 11) is 0. The van der Waals surface area contributed by atoms with Crippen LogP contribution in [0.5, 0.6) is 5.75 Å². The molecule has 0 radical (unpaired) electrons. The maximum atomic E-state index is 13.2. The van der Waals surface area contributed by atoms with E-state index in [9.17, 15) is 14.4 Å². The van der Waals surface area contributed by atoms with Gasteiger partial charge in [0.05, 0.1) is 0 Å². The number of pyridine rings is 1. The number of urea groups is 1. The van der Waals surface area contributed by atoms with Gasteiger partial charge in [0, 0.05) is 24.5 Å². The summed E-state index contributed by atoms with van der Waals surface area (Å²) in [5, 5.41) is 5.70. The Balaban J connectivity index is 1.28. The Labute approximate surface area is 200 Å². The predicted octanol–water partition coefficient (Wildman–Crippen LogP) is 3.41. The maximum absolute atomic E-state index is 13.2. The topological polar surface area (TPSA) is 101 Å². The molecule has 2 heterocycles. The van der Waals surface area contributed by atoms with Crippen molar-refractivity contribution in [1.29, 1.82) is 0 Å². The molecule has 2 unspecified atom stereocenters. The third kappa shape index (κ3) is 5.38. The summed E-state index contributed by atoms with van der Waals surface area (Å²) in [4.78, 5) is 43.4. The summed E-state index contributed by atoms with van der Waals surface area (Å²) in [6.45, 7) is 6.77. The van der Waals surface area contributed by atoms with E-state index >= 15 is 0 Å². The lowest BCUT2D eigenvalue weighted by atomic mass is 9.64. The van der Waals surface area contributed by atoms with Crippen molar-refractivity contribution in [1.82, 2.24) is 20.5 Å². The van der Waals surface area contributed by atoms with Gasteiger partial charge in [0.15, 0.2) is 0 Å². The van der Waals surface area contributed by atoms with E-state index in [1.165, 1.54) is 0 Å². The van der Waals surface area contributed by atoms with Crippen molar-refractivity contribution in [3.63, 3.8) is 0 Å². The highest BCUT2D eigenvalue weighted by molar-refractivity contribution is 6.09. The number of nitrogens with zero attached hydrogens (tertiary/aromatic N) is 2. The molecule has 1 saturated carbocycles. The SMILES string of the molecule is CC1CC(C)(C)CC2(C1)NC(=O)N(CC(=O)NCc1ccc(OCc3cccnc3)cc1)C2=O. The first-order valence-corrected chi connectivity index (χ1v) is 11.7. The number of benzene rings is 1. The van der Waals surface area contributed by atoms with Crippen LogP contribution in [-0.2, 0) is 22.7 Å². The zero-order chi connectivity index (χ0) is 24.3. The monoisotopic (exact) mass is 464 g/mol. The quantitative estimate of drug-likeness (QED) is 0.612. The van der Waals surface area contributed by atoms with Crippen molar-refractivity contribution in [2.24, 2.45) is 11.3 Å². The van der Waals surface area contributed by atoms with Crippen LogP contribution in [0, 0.1) is 11.3 Å². The lowest BCUT2D eigenvalue weighted by Crippen LogP contribution is -2.54. The molecule has 1 saturated heterocycles. The highest BCUT2D eigenvalue weighted by Gasteiger charge is 2.56. The number of aromatic nitrogens is 1. The van der Waals surface area contributed by atoms with Gasteiger partial charge in [-0.2, -0.15) is 0 Å². The summed E-state index contributed by atoms with van der Waals surface area (Å²) < 4.78 is 5.75. The zero-order valence-corrected chi connectivity index (χ0v) is 20.0. The third-order valence-electron chi connectivity index (χ3n) is 6.47. The van der Waals surface area contributed by atoms with Crippen molar-refractivity contribution >= 4 is 17.8 Å². The Kier molecular flexibility index (Phi) is 6.59. The second-order valence-corrected chi connectivity index (χ2v) is 10.3. The number of imide groups is 1. The lowest BCUT2D eigenvalue weighted by Gasteiger charge is -2.43. The summed E-state index contributed by atoms with van der Waals surface area (Å²) in [5.41, 5.74) is 0.919. The molecule has 180 valence electrons. The Morgan fingerprint density at radius 3 is 2.62 bits per heavy atom. The van der Waals surface area contributed by atoms with Crippen LogP contribution in [-0.4, -0.2) is 39.8 Å². The fourth-order valence-corrected chi connectivity index (χ4v) is 5.40. The van der Waals surface area contributed by atoms with Crippen LogP contribution in [0.4, 0.5) is 4.79 Å². The van der Waals surface area contributed by atoms with Crippen LogP contribution >= 0.6 is 0 Å². The van der Waals surface area contributed by atoms with Gasteiger partial charge in [0.1, 0.15) is 24.4 Å². The summed E-state index contributed by atoms with van der Waals surface area (Å²) >= 11 is 0. The molecular formula is C26H32N4O4. The molecular weight excluding hydrogens is 432 g/mol. The molecule has 0 bridgehead atoms. The minimum Gasteiger partial charge on any atom is -0.489 e. The van der Waals surface area contributed by atoms with Crippen LogP contribution < -0.4 is 15.4 Å². The molecule has 2 N–H and O–H groups in total. The number of nitrogens with one attached hydrogen (secondary N) is 2. The number of carbonyl (C=O) groups excluding carboxylic acids is 3. The van der Waals surface area contributed by atoms with E-state index in [0.717, 1.165) is 22.4 Å². The van der Waals surface area contributed by atoms with Gasteiger partial charge < -0.3 is 15.4 Å². The molecule has 1 aromatic carbocycles. The van der Waals surface area contributed by atoms with Crippen molar-refractivity contribution in [2.75, 3.05) is 6.54 Å². The fraction of sp³-hybridized carbons (Fsp3) is 0.462. The lowest BCUT2D eigenvalue weighted by molar-refractivity contribution is -0.137. The van der Waals surface area contributed by atoms with Gasteiger partial charge in [-0.1, -0.05) is 39.0 Å². The minimum atomic E-state index is -0.899. The number of ether oxygens (including phenoxy) is 1. The normalized spacial score (nSPS) is 23.6. The van der Waals surface area contributed by atoms with Crippen molar-refractivity contribution in [3.8, 4) is 5.75 Å². The number of hydrogen-bond acceptors (Lipinski definition) is 5. The maximum Gasteiger partial charge on any atom is 0.325 e. The highest BCUT2D eigenvalue weighted by Crippen LogP contribution is 2.46. The largest absolute Gasteiger partial charge is 0.489 e. The molecule has 1 spiro atoms. The number of carbonyl (C=O) groups is 3. The molecule has 2 aromatic rings. The number of hydrogen-bond donors (Lipinski definition) is 2. The van der Waals surface area contributed by atoms with Gasteiger partial charge in [-0.15, -0.1) is 0 Å². The molecule has 4 amide bonds. The van der Waals surface area contributed by atoms with E-state index in [2.05, 4.69) is 36.4 Å². The van der Waals surface area contributed by atoms with Gasteiger partial charge in [0.25, 0.3) is 5.91 Å². The Morgan fingerprint density at radius 2 is 1.94 bits per heavy atom. The van der Waals surface area contributed by atoms with Crippen LogP contribution in [0.25, 0.3) is 0 Å². The van der Waals surface area contributed by atoms with Crippen molar-refractivity contribution in [2.45, 2.75) is 58.7 Å². The molecule has 34 heavy (non-hydrogen) atoms. The van der Waals surface area contributed by atoms with E-state index in [1.807, 2.05) is 36.4 Å². The highest BCUT2D eigenvalue weighted by atomic mass is 16.5. The van der Waals surface area contributed by atoms with E-state index in [0.29, 0.717) is 37.7 Å². The number of rotatable bonds is 7. The van der Waals surface area contributed by atoms with Gasteiger partial charge in [-0.05, 0) is 54.4 Å². The van der Waals surface area contributed by atoms with Gasteiger partial charge >= 0.3 is 6.03 Å². The van der Waals surface area contributed by atoms with Crippen molar-refractivity contribution in [3.05, 3.63) is 59.9 Å². The molecule has 1 aliphatic carbocycles. The minimum absolute atomic E-state index is 0.0489. The second kappa shape index (κ2) is 9.44. The molecule has 8 heteroatoms. The third-order valence-corrected chi connectivity index (χ3v) is 6.47. The summed E-state index contributed by atoms with van der Waals surface area (Å²) in [6.07, 6.45) is 5.67. The first-order chi connectivity index (χ1) is 16.2. The van der Waals surface area contributed by atoms with Crippen LogP contribution in [0.1, 0.15) is 51.2 Å². The number of amides is 4. The Hall–Kier alpha value is -3.42. The van der Waals surface area contributed by atoms with E-state index < -0.39 is 11.6 Å².